The molecule has 0 spiro atoms. The second kappa shape index (κ2) is 2.93. The minimum atomic E-state index is -4.33. The lowest BCUT2D eigenvalue weighted by molar-refractivity contribution is -0.181. The lowest BCUT2D eigenvalue weighted by Gasteiger charge is -2.18. The van der Waals surface area contributed by atoms with Crippen molar-refractivity contribution in [2.45, 2.75) is 6.18 Å². The Morgan fingerprint density at radius 2 is 2.00 bits per heavy atom. The van der Waals surface area contributed by atoms with Gasteiger partial charge < -0.3 is 11.1 Å². The van der Waals surface area contributed by atoms with Gasteiger partial charge in [-0.05, 0) is 0 Å². The van der Waals surface area contributed by atoms with Crippen LogP contribution in [0.2, 0.25) is 0 Å². The summed E-state index contributed by atoms with van der Waals surface area (Å²) >= 11 is 0. The number of carbonyl (C=O) groups excluding carboxylic acids is 1. The van der Waals surface area contributed by atoms with Gasteiger partial charge in [0.05, 0.1) is 11.8 Å². The average Bonchev–Trinajstić information content (AvgIpc) is 2.30. The van der Waals surface area contributed by atoms with Crippen molar-refractivity contribution in [1.29, 1.82) is 0 Å². The summed E-state index contributed by atoms with van der Waals surface area (Å²) < 4.78 is 36.4. The molecule has 2 atom stereocenters. The van der Waals surface area contributed by atoms with Gasteiger partial charge in [-0.25, -0.2) is 0 Å². The third-order valence-corrected chi connectivity index (χ3v) is 2.00. The van der Waals surface area contributed by atoms with Gasteiger partial charge in [-0.1, -0.05) is 0 Å². The summed E-state index contributed by atoms with van der Waals surface area (Å²) in [6.07, 6.45) is -4.33. The van der Waals surface area contributed by atoms with Crippen LogP contribution in [-0.4, -0.2) is 25.2 Å². The summed E-state index contributed by atoms with van der Waals surface area (Å²) in [5.74, 6) is -3.61. The highest BCUT2D eigenvalue weighted by molar-refractivity contribution is 5.77. The summed E-state index contributed by atoms with van der Waals surface area (Å²) in [4.78, 5) is 10.5. The van der Waals surface area contributed by atoms with E-state index in [1.165, 1.54) is 0 Å². The monoisotopic (exact) mass is 182 g/mol. The maximum atomic E-state index is 12.1. The topological polar surface area (TPSA) is 55.1 Å². The van der Waals surface area contributed by atoms with Crippen LogP contribution in [0.3, 0.4) is 0 Å². The molecule has 0 bridgehead atoms. The van der Waals surface area contributed by atoms with Crippen LogP contribution in [0, 0.1) is 11.8 Å². The number of hydrogen-bond acceptors (Lipinski definition) is 2. The number of amides is 1. The molecular weight excluding hydrogens is 173 g/mol. The van der Waals surface area contributed by atoms with Gasteiger partial charge in [-0.15, -0.1) is 0 Å². The highest BCUT2D eigenvalue weighted by Crippen LogP contribution is 2.33. The van der Waals surface area contributed by atoms with Gasteiger partial charge >= 0.3 is 6.18 Å². The normalized spacial score (nSPS) is 30.6. The molecule has 0 aromatic rings. The molecule has 1 amide bonds. The number of nitrogens with two attached hydrogens (primary N) is 1. The molecule has 1 rings (SSSR count). The van der Waals surface area contributed by atoms with E-state index in [1.54, 1.807) is 0 Å². The Balaban J connectivity index is 2.71. The van der Waals surface area contributed by atoms with Gasteiger partial charge in [0.1, 0.15) is 0 Å². The first-order valence-corrected chi connectivity index (χ1v) is 3.49. The Morgan fingerprint density at radius 3 is 2.33 bits per heavy atom. The largest absolute Gasteiger partial charge is 0.393 e. The van der Waals surface area contributed by atoms with Crippen molar-refractivity contribution >= 4 is 5.91 Å². The Bertz CT molecular complexity index is 192. The van der Waals surface area contributed by atoms with E-state index in [4.69, 9.17) is 5.73 Å². The lowest BCUT2D eigenvalue weighted by Crippen LogP contribution is -2.37. The van der Waals surface area contributed by atoms with E-state index < -0.39 is 23.9 Å². The van der Waals surface area contributed by atoms with Crippen molar-refractivity contribution in [3.8, 4) is 0 Å². The van der Waals surface area contributed by atoms with Crippen molar-refractivity contribution in [2.24, 2.45) is 17.6 Å². The number of hydrogen-bond donors (Lipinski definition) is 2. The van der Waals surface area contributed by atoms with E-state index in [1.807, 2.05) is 0 Å². The maximum absolute atomic E-state index is 12.1. The third-order valence-electron chi connectivity index (χ3n) is 2.00. The molecule has 1 aliphatic heterocycles. The Kier molecular flexibility index (Phi) is 2.27. The van der Waals surface area contributed by atoms with Gasteiger partial charge in [0.15, 0.2) is 0 Å². The number of halogens is 3. The molecule has 70 valence electrons. The van der Waals surface area contributed by atoms with Crippen molar-refractivity contribution in [2.75, 3.05) is 13.1 Å². The molecule has 0 radical (unpaired) electrons. The first kappa shape index (κ1) is 9.31. The molecule has 3 N–H and O–H groups in total. The molecule has 0 unspecified atom stereocenters. The molecule has 0 saturated carbocycles. The first-order chi connectivity index (χ1) is 5.43. The van der Waals surface area contributed by atoms with Crippen LogP contribution in [0.4, 0.5) is 13.2 Å². The molecule has 6 heteroatoms. The van der Waals surface area contributed by atoms with Gasteiger partial charge in [0.2, 0.25) is 5.91 Å². The predicted molar refractivity (Wildman–Crippen MR) is 35.1 cm³/mol. The van der Waals surface area contributed by atoms with E-state index in [-0.39, 0.29) is 13.1 Å². The second-order valence-electron chi connectivity index (χ2n) is 2.82. The van der Waals surface area contributed by atoms with Crippen LogP contribution in [0.25, 0.3) is 0 Å². The SMILES string of the molecule is NC(=O)[C@@H]1CNC[C@@H]1C(F)(F)F. The van der Waals surface area contributed by atoms with Crippen LogP contribution < -0.4 is 11.1 Å². The Labute approximate surface area is 67.1 Å². The van der Waals surface area contributed by atoms with Gasteiger partial charge in [0, 0.05) is 13.1 Å². The van der Waals surface area contributed by atoms with Gasteiger partial charge in [-0.2, -0.15) is 13.2 Å². The van der Waals surface area contributed by atoms with Gasteiger partial charge in [0.25, 0.3) is 0 Å². The molecule has 1 heterocycles. The summed E-state index contributed by atoms with van der Waals surface area (Å²) in [6.45, 7) is -0.184. The van der Waals surface area contributed by atoms with Gasteiger partial charge in [-0.3, -0.25) is 4.79 Å². The quantitative estimate of drug-likeness (QED) is 0.593. The van der Waals surface area contributed by atoms with Crippen molar-refractivity contribution in [3.63, 3.8) is 0 Å². The standard InChI is InChI=1S/C6H9F3N2O/c7-6(8,9)4-2-11-1-3(4)5(10)12/h3-4,11H,1-2H2,(H2,10,12)/t3-,4+/m1/s1. The fourth-order valence-corrected chi connectivity index (χ4v) is 1.32. The zero-order chi connectivity index (χ0) is 9.35. The molecule has 3 nitrogen and oxygen atoms in total. The molecule has 1 saturated heterocycles. The minimum absolute atomic E-state index is 0.0273. The van der Waals surface area contributed by atoms with Crippen LogP contribution in [0.5, 0.6) is 0 Å². The summed E-state index contributed by atoms with van der Waals surface area (Å²) in [6, 6.07) is 0. The zero-order valence-corrected chi connectivity index (χ0v) is 6.19. The second-order valence-corrected chi connectivity index (χ2v) is 2.82. The maximum Gasteiger partial charge on any atom is 0.393 e. The predicted octanol–water partition coefficient (Wildman–Crippen LogP) is -0.130. The van der Waals surface area contributed by atoms with E-state index in [0.29, 0.717) is 0 Å². The van der Waals surface area contributed by atoms with E-state index in [2.05, 4.69) is 5.32 Å². The summed E-state index contributed by atoms with van der Waals surface area (Å²) in [5, 5.41) is 2.49. The Morgan fingerprint density at radius 1 is 1.42 bits per heavy atom. The molecule has 12 heavy (non-hydrogen) atoms. The number of rotatable bonds is 1. The van der Waals surface area contributed by atoms with Crippen LogP contribution in [-0.2, 0) is 4.79 Å². The number of carbonyl (C=O) groups is 1. The summed E-state index contributed by atoms with van der Waals surface area (Å²) in [7, 11) is 0. The van der Waals surface area contributed by atoms with Crippen LogP contribution in [0.15, 0.2) is 0 Å². The fourth-order valence-electron chi connectivity index (χ4n) is 1.32. The molecular formula is C6H9F3N2O. The third kappa shape index (κ3) is 1.69. The molecule has 1 aliphatic rings. The fraction of sp³-hybridized carbons (Fsp3) is 0.833. The highest BCUT2D eigenvalue weighted by atomic mass is 19.4. The van der Waals surface area contributed by atoms with Crippen LogP contribution >= 0.6 is 0 Å². The number of alkyl halides is 3. The van der Waals surface area contributed by atoms with E-state index in [0.717, 1.165) is 0 Å². The molecule has 0 aromatic heterocycles. The number of nitrogens with one attached hydrogen (secondary N) is 1. The molecule has 0 aromatic carbocycles. The smallest absolute Gasteiger partial charge is 0.369 e. The first-order valence-electron chi connectivity index (χ1n) is 3.49. The van der Waals surface area contributed by atoms with Crippen molar-refractivity contribution < 1.29 is 18.0 Å². The zero-order valence-electron chi connectivity index (χ0n) is 6.19. The van der Waals surface area contributed by atoms with Crippen molar-refractivity contribution in [1.82, 2.24) is 5.32 Å². The Hall–Kier alpha value is -0.780. The lowest BCUT2D eigenvalue weighted by atomic mass is 9.95. The highest BCUT2D eigenvalue weighted by Gasteiger charge is 2.49. The average molecular weight is 182 g/mol. The van der Waals surface area contributed by atoms with Crippen LogP contribution in [0.1, 0.15) is 0 Å². The van der Waals surface area contributed by atoms with Crippen molar-refractivity contribution in [3.05, 3.63) is 0 Å². The summed E-state index contributed by atoms with van der Waals surface area (Å²) in [5.41, 5.74) is 4.81. The minimum Gasteiger partial charge on any atom is -0.369 e. The van der Waals surface area contributed by atoms with E-state index in [9.17, 15) is 18.0 Å². The van der Waals surface area contributed by atoms with E-state index >= 15 is 0 Å². The number of primary amides is 1. The molecule has 1 fully saturated rings. The molecule has 0 aliphatic carbocycles.